The van der Waals surface area contributed by atoms with E-state index in [9.17, 15) is 4.79 Å². The quantitative estimate of drug-likeness (QED) is 0.861. The van der Waals surface area contributed by atoms with E-state index < -0.39 is 0 Å². The highest BCUT2D eigenvalue weighted by atomic mass is 16.5. The third-order valence-electron chi connectivity index (χ3n) is 4.97. The molecule has 0 aromatic carbocycles. The van der Waals surface area contributed by atoms with E-state index >= 15 is 0 Å². The molecular weight excluding hydrogens is 306 g/mol. The summed E-state index contributed by atoms with van der Waals surface area (Å²) in [6, 6.07) is 0.0729. The van der Waals surface area contributed by atoms with Gasteiger partial charge < -0.3 is 15.0 Å². The molecule has 0 radical (unpaired) electrons. The van der Waals surface area contributed by atoms with Crippen molar-refractivity contribution in [3.05, 3.63) is 18.0 Å². The van der Waals surface area contributed by atoms with E-state index in [1.807, 2.05) is 24.3 Å². The van der Waals surface area contributed by atoms with Crippen LogP contribution in [0.4, 0.5) is 4.79 Å². The third-order valence-corrected chi connectivity index (χ3v) is 4.97. The Morgan fingerprint density at radius 1 is 1.29 bits per heavy atom. The van der Waals surface area contributed by atoms with Gasteiger partial charge in [0.1, 0.15) is 0 Å². The molecule has 0 spiro atoms. The van der Waals surface area contributed by atoms with Crippen LogP contribution < -0.4 is 5.32 Å². The van der Waals surface area contributed by atoms with Gasteiger partial charge in [-0.25, -0.2) is 4.79 Å². The van der Waals surface area contributed by atoms with Crippen LogP contribution in [0.3, 0.4) is 0 Å². The first-order chi connectivity index (χ1) is 11.7. The Bertz CT molecular complexity index is 519. The molecule has 7 heteroatoms. The minimum absolute atomic E-state index is 0.0729. The molecule has 2 fully saturated rings. The first-order valence-corrected chi connectivity index (χ1v) is 9.01. The van der Waals surface area contributed by atoms with Crippen molar-refractivity contribution in [3.63, 3.8) is 0 Å². The van der Waals surface area contributed by atoms with Crippen LogP contribution in [0.1, 0.15) is 18.4 Å². The number of carbonyl (C=O) groups excluding carboxylic acids is 1. The van der Waals surface area contributed by atoms with E-state index in [0.717, 1.165) is 70.8 Å². The Morgan fingerprint density at radius 3 is 2.71 bits per heavy atom. The molecule has 2 amide bonds. The number of aromatic nitrogens is 2. The average molecular weight is 335 g/mol. The summed E-state index contributed by atoms with van der Waals surface area (Å²) in [5.41, 5.74) is 1.15. The first-order valence-electron chi connectivity index (χ1n) is 9.01. The van der Waals surface area contributed by atoms with Crippen LogP contribution in [-0.2, 0) is 18.2 Å². The number of aryl methyl sites for hydroxylation is 1. The molecule has 3 rings (SSSR count). The summed E-state index contributed by atoms with van der Waals surface area (Å²) in [6.45, 7) is 7.37. The molecule has 1 aromatic rings. The second-order valence-corrected chi connectivity index (χ2v) is 6.85. The van der Waals surface area contributed by atoms with E-state index in [1.54, 1.807) is 4.68 Å². The number of likely N-dealkylation sites (tertiary alicyclic amines) is 1. The van der Waals surface area contributed by atoms with Crippen LogP contribution in [0.2, 0.25) is 0 Å². The lowest BCUT2D eigenvalue weighted by molar-refractivity contribution is 0.0258. The Kier molecular flexibility index (Phi) is 6.09. The van der Waals surface area contributed by atoms with E-state index in [1.165, 1.54) is 0 Å². The van der Waals surface area contributed by atoms with Crippen molar-refractivity contribution in [2.24, 2.45) is 13.0 Å². The van der Waals surface area contributed by atoms with Gasteiger partial charge in [0.15, 0.2) is 0 Å². The maximum absolute atomic E-state index is 12.3. The highest BCUT2D eigenvalue weighted by molar-refractivity contribution is 5.74. The zero-order valence-corrected chi connectivity index (χ0v) is 14.6. The number of hydrogen-bond acceptors (Lipinski definition) is 4. The van der Waals surface area contributed by atoms with E-state index in [2.05, 4.69) is 15.3 Å². The average Bonchev–Trinajstić information content (AvgIpc) is 3.02. The number of morpholine rings is 1. The zero-order chi connectivity index (χ0) is 16.8. The Morgan fingerprint density at radius 2 is 2.04 bits per heavy atom. The van der Waals surface area contributed by atoms with Crippen molar-refractivity contribution in [2.75, 3.05) is 52.5 Å². The molecule has 0 aliphatic carbocycles. The lowest BCUT2D eigenvalue weighted by Gasteiger charge is -2.36. The van der Waals surface area contributed by atoms with Gasteiger partial charge in [-0.05, 0) is 30.7 Å². The van der Waals surface area contributed by atoms with Crippen molar-refractivity contribution in [3.8, 4) is 0 Å². The van der Waals surface area contributed by atoms with E-state index in [0.29, 0.717) is 12.5 Å². The summed E-state index contributed by atoms with van der Waals surface area (Å²) in [5, 5.41) is 7.17. The summed E-state index contributed by atoms with van der Waals surface area (Å²) in [6.07, 6.45) is 6.88. The number of nitrogens with zero attached hydrogens (tertiary/aromatic N) is 4. The van der Waals surface area contributed by atoms with Crippen LogP contribution in [-0.4, -0.2) is 78.1 Å². The number of rotatable bonds is 5. The van der Waals surface area contributed by atoms with Crippen molar-refractivity contribution in [1.29, 1.82) is 0 Å². The number of carbonyl (C=O) groups is 1. The first kappa shape index (κ1) is 17.2. The summed E-state index contributed by atoms with van der Waals surface area (Å²) >= 11 is 0. The normalized spacial score (nSPS) is 20.3. The van der Waals surface area contributed by atoms with Gasteiger partial charge in [0.2, 0.25) is 0 Å². The maximum Gasteiger partial charge on any atom is 0.317 e. The maximum atomic E-state index is 12.3. The standard InChI is InChI=1S/C17H29N5O2/c1-20-13-16(12-19-20)2-5-18-17(23)22-6-3-15(4-7-22)14-21-8-10-24-11-9-21/h12-13,15H,2-11,14H2,1H3,(H,18,23). The van der Waals surface area contributed by atoms with Crippen molar-refractivity contribution in [1.82, 2.24) is 24.9 Å². The van der Waals surface area contributed by atoms with E-state index in [-0.39, 0.29) is 6.03 Å². The molecule has 1 N–H and O–H groups in total. The largest absolute Gasteiger partial charge is 0.379 e. The van der Waals surface area contributed by atoms with Gasteiger partial charge >= 0.3 is 6.03 Å². The molecule has 2 aliphatic heterocycles. The van der Waals surface area contributed by atoms with Gasteiger partial charge in [0.05, 0.1) is 19.4 Å². The molecule has 0 bridgehead atoms. The molecule has 2 saturated heterocycles. The van der Waals surface area contributed by atoms with Crippen LogP contribution in [0.15, 0.2) is 12.4 Å². The fourth-order valence-corrected chi connectivity index (χ4v) is 3.49. The number of piperidine rings is 1. The van der Waals surface area contributed by atoms with Crippen molar-refractivity contribution in [2.45, 2.75) is 19.3 Å². The molecule has 3 heterocycles. The molecule has 2 aliphatic rings. The molecule has 24 heavy (non-hydrogen) atoms. The molecule has 1 aromatic heterocycles. The molecule has 0 saturated carbocycles. The lowest BCUT2D eigenvalue weighted by atomic mass is 9.96. The van der Waals surface area contributed by atoms with Crippen LogP contribution in [0.5, 0.6) is 0 Å². The fraction of sp³-hybridized carbons (Fsp3) is 0.765. The molecule has 7 nitrogen and oxygen atoms in total. The predicted octanol–water partition coefficient (Wildman–Crippen LogP) is 0.716. The molecule has 0 unspecified atom stereocenters. The van der Waals surface area contributed by atoms with Gasteiger partial charge in [-0.1, -0.05) is 0 Å². The van der Waals surface area contributed by atoms with Gasteiger partial charge in [-0.3, -0.25) is 9.58 Å². The second kappa shape index (κ2) is 8.48. The Labute approximate surface area is 143 Å². The van der Waals surface area contributed by atoms with Gasteiger partial charge in [-0.15, -0.1) is 0 Å². The number of urea groups is 1. The number of hydrogen-bond donors (Lipinski definition) is 1. The summed E-state index contributed by atoms with van der Waals surface area (Å²) in [7, 11) is 1.91. The Balaban J connectivity index is 1.32. The van der Waals surface area contributed by atoms with Crippen LogP contribution in [0, 0.1) is 5.92 Å². The minimum Gasteiger partial charge on any atom is -0.379 e. The van der Waals surface area contributed by atoms with Gasteiger partial charge in [0, 0.05) is 52.5 Å². The highest BCUT2D eigenvalue weighted by Gasteiger charge is 2.24. The summed E-state index contributed by atoms with van der Waals surface area (Å²) in [4.78, 5) is 16.7. The number of amides is 2. The van der Waals surface area contributed by atoms with E-state index in [4.69, 9.17) is 4.74 Å². The topological polar surface area (TPSA) is 62.6 Å². The van der Waals surface area contributed by atoms with Crippen molar-refractivity contribution < 1.29 is 9.53 Å². The van der Waals surface area contributed by atoms with Gasteiger partial charge in [-0.2, -0.15) is 5.10 Å². The van der Waals surface area contributed by atoms with Crippen LogP contribution >= 0.6 is 0 Å². The summed E-state index contributed by atoms with van der Waals surface area (Å²) < 4.78 is 7.19. The smallest absolute Gasteiger partial charge is 0.317 e. The summed E-state index contributed by atoms with van der Waals surface area (Å²) in [5.74, 6) is 0.711. The minimum atomic E-state index is 0.0729. The second-order valence-electron chi connectivity index (χ2n) is 6.85. The third kappa shape index (κ3) is 4.95. The zero-order valence-electron chi connectivity index (χ0n) is 14.6. The lowest BCUT2D eigenvalue weighted by Crippen LogP contribution is -2.47. The number of nitrogens with one attached hydrogen (secondary N) is 1. The predicted molar refractivity (Wildman–Crippen MR) is 91.9 cm³/mol. The number of ether oxygens (including phenoxy) is 1. The highest BCUT2D eigenvalue weighted by Crippen LogP contribution is 2.19. The molecule has 134 valence electrons. The molecule has 0 atom stereocenters. The fourth-order valence-electron chi connectivity index (χ4n) is 3.49. The Hall–Kier alpha value is -1.60. The monoisotopic (exact) mass is 335 g/mol. The molecular formula is C17H29N5O2. The van der Waals surface area contributed by atoms with Crippen LogP contribution in [0.25, 0.3) is 0 Å². The van der Waals surface area contributed by atoms with Crippen molar-refractivity contribution >= 4 is 6.03 Å². The van der Waals surface area contributed by atoms with Gasteiger partial charge in [0.25, 0.3) is 0 Å². The SMILES string of the molecule is Cn1cc(CCNC(=O)N2CCC(CN3CCOCC3)CC2)cn1.